The van der Waals surface area contributed by atoms with Gasteiger partial charge in [-0.05, 0) is 5.41 Å². The molecule has 0 saturated heterocycles. The van der Waals surface area contributed by atoms with Crippen molar-refractivity contribution >= 4 is 23.5 Å². The first-order chi connectivity index (χ1) is 2.50. The summed E-state index contributed by atoms with van der Waals surface area (Å²) < 4.78 is 0. The van der Waals surface area contributed by atoms with Crippen LogP contribution in [0.2, 0.25) is 0 Å². The molecule has 1 rings (SSSR count). The molecular weight excluding hydrogens is 100 g/mol. The van der Waals surface area contributed by atoms with E-state index >= 15 is 0 Å². The Hall–Kier alpha value is 0.440. The van der Waals surface area contributed by atoms with Crippen LogP contribution in [0.25, 0.3) is 0 Å². The highest BCUT2D eigenvalue weighted by Gasteiger charge is 1.86. The second kappa shape index (κ2) is 1.78. The van der Waals surface area contributed by atoms with Crippen LogP contribution in [0.5, 0.6) is 0 Å². The number of rotatable bonds is 0. The van der Waals surface area contributed by atoms with Crippen molar-refractivity contribution < 1.29 is 0 Å². The zero-order valence-electron chi connectivity index (χ0n) is 2.60. The van der Waals surface area contributed by atoms with Gasteiger partial charge in [-0.3, -0.25) is 0 Å². The zero-order valence-corrected chi connectivity index (χ0v) is 4.23. The van der Waals surface area contributed by atoms with E-state index in [1.165, 1.54) is 5.08 Å². The highest BCUT2D eigenvalue weighted by atomic mass is 32.2. The van der Waals surface area contributed by atoms with Crippen molar-refractivity contribution in [3.05, 3.63) is 10.8 Å². The maximum Gasteiger partial charge on any atom is 0.0481 e. The molecular formula is C3H3S2. The molecule has 5 heavy (non-hydrogen) atoms. The molecule has 0 aromatic heterocycles. The largest absolute Gasteiger partial charge is 0.122 e. The van der Waals surface area contributed by atoms with Crippen LogP contribution in [0.1, 0.15) is 0 Å². The van der Waals surface area contributed by atoms with Crippen LogP contribution in [0.15, 0.2) is 5.41 Å². The van der Waals surface area contributed by atoms with Crippen molar-refractivity contribution in [1.29, 1.82) is 0 Å². The Morgan fingerprint density at radius 2 is 2.80 bits per heavy atom. The maximum atomic E-state index is 2.98. The predicted octanol–water partition coefficient (Wildman–Crippen LogP) is 1.70. The Balaban J connectivity index is 2.32. The van der Waals surface area contributed by atoms with Crippen LogP contribution < -0.4 is 0 Å². The predicted molar refractivity (Wildman–Crippen MR) is 27.9 cm³/mol. The van der Waals surface area contributed by atoms with E-state index in [0.717, 1.165) is 0 Å². The third-order valence-corrected chi connectivity index (χ3v) is 2.08. The fourth-order valence-electron chi connectivity index (χ4n) is 0.170. The van der Waals surface area contributed by atoms with Crippen LogP contribution in [-0.2, 0) is 0 Å². The number of thioether (sulfide) groups is 2. The first kappa shape index (κ1) is 3.62. The number of hydrogen-bond acceptors (Lipinski definition) is 2. The smallest absolute Gasteiger partial charge is 0.0481 e. The average Bonchev–Trinajstić information content (AvgIpc) is 1.76. The summed E-state index contributed by atoms with van der Waals surface area (Å²) in [4.78, 5) is 0. The van der Waals surface area contributed by atoms with Crippen molar-refractivity contribution in [2.24, 2.45) is 0 Å². The van der Waals surface area contributed by atoms with Gasteiger partial charge >= 0.3 is 0 Å². The minimum Gasteiger partial charge on any atom is -0.122 e. The molecule has 0 aliphatic carbocycles. The van der Waals surface area contributed by atoms with Gasteiger partial charge in [0.1, 0.15) is 0 Å². The van der Waals surface area contributed by atoms with E-state index < -0.39 is 0 Å². The van der Waals surface area contributed by atoms with Crippen molar-refractivity contribution in [2.75, 3.05) is 5.08 Å². The summed E-state index contributed by atoms with van der Waals surface area (Å²) in [6, 6.07) is 0. The summed E-state index contributed by atoms with van der Waals surface area (Å²) in [5.41, 5.74) is 0. The molecule has 0 atom stereocenters. The SMILES string of the molecule is [C]1=CSCS1. The first-order valence-corrected chi connectivity index (χ1v) is 3.34. The molecule has 27 valence electrons. The van der Waals surface area contributed by atoms with Gasteiger partial charge in [0.15, 0.2) is 0 Å². The first-order valence-electron chi connectivity index (χ1n) is 1.31. The van der Waals surface area contributed by atoms with Crippen molar-refractivity contribution in [3.8, 4) is 0 Å². The van der Waals surface area contributed by atoms with Gasteiger partial charge in [-0.15, -0.1) is 23.5 Å². The monoisotopic (exact) mass is 103 g/mol. The summed E-state index contributed by atoms with van der Waals surface area (Å²) in [6.45, 7) is 0. The molecule has 0 nitrogen and oxygen atoms in total. The molecule has 0 spiro atoms. The van der Waals surface area contributed by atoms with Gasteiger partial charge in [0, 0.05) is 10.5 Å². The van der Waals surface area contributed by atoms with Gasteiger partial charge in [-0.2, -0.15) is 0 Å². The molecule has 0 N–H and O–H groups in total. The highest BCUT2D eigenvalue weighted by Crippen LogP contribution is 2.21. The summed E-state index contributed by atoms with van der Waals surface area (Å²) in [5.74, 6) is 0. The standard InChI is InChI=1S/C3H3S2/c1-2-5-3-4-1/h1H,3H2. The zero-order chi connectivity index (χ0) is 3.54. The lowest BCUT2D eigenvalue weighted by atomic mass is 11.3. The van der Waals surface area contributed by atoms with Crippen molar-refractivity contribution in [3.63, 3.8) is 0 Å². The van der Waals surface area contributed by atoms with Gasteiger partial charge < -0.3 is 0 Å². The summed E-state index contributed by atoms with van der Waals surface area (Å²) in [6.07, 6.45) is 0. The molecule has 0 unspecified atom stereocenters. The van der Waals surface area contributed by atoms with E-state index in [-0.39, 0.29) is 0 Å². The van der Waals surface area contributed by atoms with Crippen LogP contribution in [0.3, 0.4) is 0 Å². The van der Waals surface area contributed by atoms with Crippen LogP contribution in [0, 0.1) is 5.41 Å². The summed E-state index contributed by atoms with van der Waals surface area (Å²) in [5, 5.41) is 6.13. The Kier molecular flexibility index (Phi) is 1.29. The van der Waals surface area contributed by atoms with E-state index in [2.05, 4.69) is 5.41 Å². The molecule has 0 aromatic rings. The Labute approximate surface area is 40.0 Å². The minimum absolute atomic E-state index is 1.17. The minimum atomic E-state index is 1.17. The second-order valence-electron chi connectivity index (χ2n) is 0.665. The van der Waals surface area contributed by atoms with Crippen molar-refractivity contribution in [2.45, 2.75) is 0 Å². The molecule has 0 aromatic carbocycles. The molecule has 0 saturated carbocycles. The van der Waals surface area contributed by atoms with Gasteiger partial charge in [-0.1, -0.05) is 0 Å². The fraction of sp³-hybridized carbons (Fsp3) is 0.333. The Morgan fingerprint density at radius 3 is 3.00 bits per heavy atom. The van der Waals surface area contributed by atoms with E-state index in [0.29, 0.717) is 0 Å². The molecule has 1 radical (unpaired) electrons. The highest BCUT2D eigenvalue weighted by molar-refractivity contribution is 8.20. The van der Waals surface area contributed by atoms with Gasteiger partial charge in [0.2, 0.25) is 0 Å². The van der Waals surface area contributed by atoms with E-state index in [9.17, 15) is 0 Å². The lowest BCUT2D eigenvalue weighted by Gasteiger charge is -1.69. The van der Waals surface area contributed by atoms with Gasteiger partial charge in [0.05, 0.1) is 0 Å². The van der Waals surface area contributed by atoms with Crippen molar-refractivity contribution in [1.82, 2.24) is 0 Å². The lowest BCUT2D eigenvalue weighted by molar-refractivity contribution is 2.32. The Morgan fingerprint density at radius 1 is 1.80 bits per heavy atom. The molecule has 1 aliphatic heterocycles. The average molecular weight is 103 g/mol. The van der Waals surface area contributed by atoms with Gasteiger partial charge in [-0.25, -0.2) is 0 Å². The molecule has 2 heteroatoms. The van der Waals surface area contributed by atoms with Crippen LogP contribution in [0.4, 0.5) is 0 Å². The Bertz CT molecular complexity index is 42.9. The van der Waals surface area contributed by atoms with E-state index in [4.69, 9.17) is 0 Å². The van der Waals surface area contributed by atoms with E-state index in [1.54, 1.807) is 23.5 Å². The van der Waals surface area contributed by atoms with Crippen LogP contribution >= 0.6 is 23.5 Å². The topological polar surface area (TPSA) is 0 Å². The number of hydrogen-bond donors (Lipinski definition) is 0. The maximum absolute atomic E-state index is 2.98. The molecule has 1 aliphatic rings. The molecule has 0 fully saturated rings. The fourth-order valence-corrected chi connectivity index (χ4v) is 1.53. The molecule has 0 bridgehead atoms. The van der Waals surface area contributed by atoms with Gasteiger partial charge in [0.25, 0.3) is 0 Å². The van der Waals surface area contributed by atoms with E-state index in [1.807, 2.05) is 5.41 Å². The lowest BCUT2D eigenvalue weighted by Crippen LogP contribution is -1.43. The second-order valence-corrected chi connectivity index (χ2v) is 2.70. The molecule has 1 heterocycles. The quantitative estimate of drug-likeness (QED) is 0.457. The third kappa shape index (κ3) is 0.893. The summed E-state index contributed by atoms with van der Waals surface area (Å²) in [7, 11) is 0. The third-order valence-electron chi connectivity index (χ3n) is 0.342. The molecule has 0 amide bonds. The normalized spacial score (nSPS) is 20.8. The summed E-state index contributed by atoms with van der Waals surface area (Å²) >= 11 is 3.53. The van der Waals surface area contributed by atoms with Crippen LogP contribution in [-0.4, -0.2) is 5.08 Å².